The van der Waals surface area contributed by atoms with E-state index in [9.17, 15) is 45.6 Å². The summed E-state index contributed by atoms with van der Waals surface area (Å²) in [6, 6.07) is -0.915. The van der Waals surface area contributed by atoms with Crippen molar-refractivity contribution in [1.29, 1.82) is 0 Å². The van der Waals surface area contributed by atoms with Crippen molar-refractivity contribution in [1.82, 2.24) is 5.32 Å². The van der Waals surface area contributed by atoms with Gasteiger partial charge in [0.15, 0.2) is 12.6 Å². The van der Waals surface area contributed by atoms with Crippen molar-refractivity contribution in [2.75, 3.05) is 19.8 Å². The molecule has 2 heterocycles. The molecule has 446 valence electrons. The molecule has 2 rings (SSSR count). The van der Waals surface area contributed by atoms with Gasteiger partial charge in [0.25, 0.3) is 0 Å². The molecule has 14 heteroatoms. The number of carbonyl (C=O) groups excluding carboxylic acids is 1. The fraction of sp³-hybridized carbons (Fsp3) is 0.887. The summed E-state index contributed by atoms with van der Waals surface area (Å²) in [6.45, 7) is 2.81. The normalized spacial score (nSPS) is 25.1. The van der Waals surface area contributed by atoms with E-state index in [-0.39, 0.29) is 18.9 Å². The molecule has 0 spiro atoms. The summed E-state index contributed by atoms with van der Waals surface area (Å²) >= 11 is 0. The lowest BCUT2D eigenvalue weighted by Gasteiger charge is -2.46. The van der Waals surface area contributed by atoms with Gasteiger partial charge in [0.05, 0.1) is 32.0 Å². The minimum absolute atomic E-state index is 0.239. The molecule has 0 bridgehead atoms. The zero-order valence-electron chi connectivity index (χ0n) is 48.0. The number of amides is 1. The van der Waals surface area contributed by atoms with Gasteiger partial charge in [0.1, 0.15) is 48.8 Å². The van der Waals surface area contributed by atoms with E-state index in [0.29, 0.717) is 6.42 Å². The summed E-state index contributed by atoms with van der Waals surface area (Å²) in [7, 11) is 0. The molecule has 76 heavy (non-hydrogen) atoms. The van der Waals surface area contributed by atoms with E-state index in [1.807, 2.05) is 6.08 Å². The van der Waals surface area contributed by atoms with Gasteiger partial charge in [-0.25, -0.2) is 0 Å². The van der Waals surface area contributed by atoms with Crippen LogP contribution in [0.15, 0.2) is 36.5 Å². The molecule has 0 radical (unpaired) electrons. The minimum atomic E-state index is -1.79. The lowest BCUT2D eigenvalue weighted by molar-refractivity contribution is -0.359. The maximum atomic E-state index is 13.3. The molecule has 9 N–H and O–H groups in total. The molecule has 2 aliphatic heterocycles. The summed E-state index contributed by atoms with van der Waals surface area (Å²) in [5, 5.41) is 87.2. The van der Waals surface area contributed by atoms with Gasteiger partial charge in [-0.15, -0.1) is 0 Å². The first-order valence-electron chi connectivity index (χ1n) is 31.2. The zero-order valence-corrected chi connectivity index (χ0v) is 48.0. The molecule has 0 saturated carbocycles. The lowest BCUT2D eigenvalue weighted by atomic mass is 9.97. The van der Waals surface area contributed by atoms with E-state index in [4.69, 9.17) is 18.9 Å². The largest absolute Gasteiger partial charge is 0.394 e. The van der Waals surface area contributed by atoms with E-state index in [1.165, 1.54) is 186 Å². The monoisotopic (exact) mass is 1080 g/mol. The standard InChI is InChI=1S/C62H115NO13/c1-3-5-7-9-11-13-15-17-19-21-23-24-25-26-28-30-32-34-36-38-40-42-44-46-54(67)63-50(51(66)45-43-41-39-37-35-33-31-29-27-22-20-18-16-14-12-10-8-6-4-2)49-73-61-59(72)57(70)60(53(48-65)75-61)76-62-58(71)56(69)55(68)52(47-64)74-62/h15,17,21,23,43,45,50-53,55-62,64-66,68-72H,3-14,16,18-20,22,24-42,44,46-49H2,1-2H3,(H,63,67)/b17-15-,23-21-,45-43+. The fourth-order valence-electron chi connectivity index (χ4n) is 10.3. The Labute approximate surface area is 461 Å². The molecule has 2 saturated heterocycles. The molecule has 12 unspecified atom stereocenters. The summed E-state index contributed by atoms with van der Waals surface area (Å²) in [4.78, 5) is 13.3. The van der Waals surface area contributed by atoms with Crippen molar-refractivity contribution in [3.8, 4) is 0 Å². The maximum absolute atomic E-state index is 13.3. The number of hydrogen-bond acceptors (Lipinski definition) is 13. The third-order valence-electron chi connectivity index (χ3n) is 15.3. The van der Waals surface area contributed by atoms with Crippen LogP contribution in [0.1, 0.15) is 258 Å². The lowest BCUT2D eigenvalue weighted by Crippen LogP contribution is -2.65. The predicted molar refractivity (Wildman–Crippen MR) is 305 cm³/mol. The molecule has 2 aliphatic rings. The number of hydrogen-bond donors (Lipinski definition) is 9. The average molecular weight is 1080 g/mol. The second-order valence-corrected chi connectivity index (χ2v) is 22.2. The molecular formula is C62H115NO13. The highest BCUT2D eigenvalue weighted by Gasteiger charge is 2.51. The van der Waals surface area contributed by atoms with Crippen molar-refractivity contribution in [3.63, 3.8) is 0 Å². The fourth-order valence-corrected chi connectivity index (χ4v) is 10.3. The molecule has 0 aromatic heterocycles. The van der Waals surface area contributed by atoms with Crippen LogP contribution >= 0.6 is 0 Å². The Bertz CT molecular complexity index is 1410. The summed E-state index contributed by atoms with van der Waals surface area (Å²) in [6.07, 6.45) is 41.7. The zero-order chi connectivity index (χ0) is 55.3. The quantitative estimate of drug-likeness (QED) is 0.0204. The van der Waals surface area contributed by atoms with Gasteiger partial charge in [0, 0.05) is 6.42 Å². The first-order chi connectivity index (χ1) is 37.1. The van der Waals surface area contributed by atoms with Crippen LogP contribution in [0.5, 0.6) is 0 Å². The van der Waals surface area contributed by atoms with Crippen molar-refractivity contribution in [2.24, 2.45) is 0 Å². The molecule has 0 aromatic carbocycles. The second kappa shape index (κ2) is 48.0. The number of ether oxygens (including phenoxy) is 4. The number of rotatable bonds is 50. The number of allylic oxidation sites excluding steroid dienone is 5. The van der Waals surface area contributed by atoms with Gasteiger partial charge in [-0.2, -0.15) is 0 Å². The molecule has 14 nitrogen and oxygen atoms in total. The first kappa shape index (κ1) is 70.3. The van der Waals surface area contributed by atoms with Crippen molar-refractivity contribution in [2.45, 2.75) is 331 Å². The number of nitrogens with one attached hydrogen (secondary N) is 1. The molecular weight excluding hydrogens is 967 g/mol. The summed E-state index contributed by atoms with van der Waals surface area (Å²) < 4.78 is 22.8. The van der Waals surface area contributed by atoms with Crippen LogP contribution < -0.4 is 5.32 Å². The van der Waals surface area contributed by atoms with Gasteiger partial charge in [-0.3, -0.25) is 4.79 Å². The highest BCUT2D eigenvalue weighted by molar-refractivity contribution is 5.76. The Hall–Kier alpha value is -1.79. The van der Waals surface area contributed by atoms with E-state index in [0.717, 1.165) is 44.9 Å². The minimum Gasteiger partial charge on any atom is -0.394 e. The summed E-state index contributed by atoms with van der Waals surface area (Å²) in [5.41, 5.74) is 0. The molecule has 2 fully saturated rings. The Kier molecular flexibility index (Phi) is 44.4. The van der Waals surface area contributed by atoms with Crippen molar-refractivity contribution < 1.29 is 64.6 Å². The topological polar surface area (TPSA) is 228 Å². The highest BCUT2D eigenvalue weighted by atomic mass is 16.7. The summed E-state index contributed by atoms with van der Waals surface area (Å²) in [5.74, 6) is -0.239. The molecule has 1 amide bonds. The van der Waals surface area contributed by atoms with Crippen LogP contribution in [0.25, 0.3) is 0 Å². The van der Waals surface area contributed by atoms with Crippen molar-refractivity contribution in [3.05, 3.63) is 36.5 Å². The average Bonchev–Trinajstić information content (AvgIpc) is 3.42. The Morgan fingerprint density at radius 2 is 0.868 bits per heavy atom. The number of unbranched alkanes of at least 4 members (excludes halogenated alkanes) is 33. The van der Waals surface area contributed by atoms with E-state index >= 15 is 0 Å². The van der Waals surface area contributed by atoms with Crippen LogP contribution in [-0.4, -0.2) is 140 Å². The molecule has 0 aliphatic carbocycles. The highest BCUT2D eigenvalue weighted by Crippen LogP contribution is 2.30. The Morgan fingerprint density at radius 3 is 1.32 bits per heavy atom. The molecule has 12 atom stereocenters. The van der Waals surface area contributed by atoms with Crippen LogP contribution in [0.2, 0.25) is 0 Å². The second-order valence-electron chi connectivity index (χ2n) is 22.2. The van der Waals surface area contributed by atoms with Crippen LogP contribution in [-0.2, 0) is 23.7 Å². The maximum Gasteiger partial charge on any atom is 0.220 e. The number of aliphatic hydroxyl groups excluding tert-OH is 8. The van der Waals surface area contributed by atoms with Crippen molar-refractivity contribution >= 4 is 5.91 Å². The van der Waals surface area contributed by atoms with Gasteiger partial charge in [0.2, 0.25) is 5.91 Å². The van der Waals surface area contributed by atoms with E-state index in [1.54, 1.807) is 6.08 Å². The third kappa shape index (κ3) is 33.1. The van der Waals surface area contributed by atoms with Gasteiger partial charge >= 0.3 is 0 Å². The number of aliphatic hydroxyl groups is 8. The van der Waals surface area contributed by atoms with Crippen LogP contribution in [0.3, 0.4) is 0 Å². The van der Waals surface area contributed by atoms with E-state index in [2.05, 4.69) is 43.5 Å². The van der Waals surface area contributed by atoms with Crippen LogP contribution in [0.4, 0.5) is 0 Å². The Morgan fingerprint density at radius 1 is 0.474 bits per heavy atom. The SMILES string of the molecule is CCCCCCC/C=C\C/C=C\CCCCCCCCCCCCCC(=O)NC(COC1OC(CO)C(OC2OC(CO)C(O)C(O)C2O)C(O)C1O)C(O)/C=C/CCCCCCCCCCCCCCCCCCC. The van der Waals surface area contributed by atoms with E-state index < -0.39 is 86.8 Å². The van der Waals surface area contributed by atoms with Gasteiger partial charge in [-0.05, 0) is 51.4 Å². The van der Waals surface area contributed by atoms with Crippen LogP contribution in [0, 0.1) is 0 Å². The first-order valence-corrected chi connectivity index (χ1v) is 31.2. The smallest absolute Gasteiger partial charge is 0.220 e. The van der Waals surface area contributed by atoms with Gasteiger partial charge < -0.3 is 65.1 Å². The predicted octanol–water partition coefficient (Wildman–Crippen LogP) is 11.0. The Balaban J connectivity index is 1.75. The molecule has 0 aromatic rings. The van der Waals surface area contributed by atoms with Gasteiger partial charge in [-0.1, -0.05) is 237 Å². The third-order valence-corrected chi connectivity index (χ3v) is 15.3. The number of carbonyl (C=O) groups is 1.